The number of hydrogen-bond donors (Lipinski definition) is 1. The lowest BCUT2D eigenvalue weighted by atomic mass is 10.3. The Morgan fingerprint density at radius 2 is 2.11 bits per heavy atom. The highest BCUT2D eigenvalue weighted by Gasteiger charge is 2.06. The van der Waals surface area contributed by atoms with Gasteiger partial charge in [-0.3, -0.25) is 0 Å². The first-order valence-electron chi connectivity index (χ1n) is 5.30. The number of halogens is 2. The van der Waals surface area contributed by atoms with E-state index in [2.05, 4.69) is 21.2 Å². The molecular weight excluding hydrogens is 269 g/mol. The van der Waals surface area contributed by atoms with E-state index in [1.165, 1.54) is 0 Å². The normalized spacial score (nSPS) is 9.74. The van der Waals surface area contributed by atoms with Gasteiger partial charge in [0.05, 0.1) is 6.20 Å². The molecule has 0 aliphatic rings. The molecule has 4 nitrogen and oxygen atoms in total. The third-order valence-corrected chi connectivity index (χ3v) is 2.34. The molecule has 0 bridgehead atoms. The van der Waals surface area contributed by atoms with Crippen LogP contribution in [0.1, 0.15) is 0 Å². The van der Waals surface area contributed by atoms with Crippen LogP contribution in [-0.2, 0) is 0 Å². The largest absolute Gasteiger partial charge is 0.481 e. The molecule has 0 amide bonds. The second kappa shape index (κ2) is 6.03. The first kappa shape index (κ1) is 13.1. The Morgan fingerprint density at radius 3 is 2.79 bits per heavy atom. The highest BCUT2D eigenvalue weighted by molar-refractivity contribution is 6.28. The monoisotopic (exact) mass is 277 g/mol. The van der Waals surface area contributed by atoms with Crippen molar-refractivity contribution < 1.29 is 9.13 Å². The van der Waals surface area contributed by atoms with Crippen molar-refractivity contribution in [1.29, 1.82) is 0 Å². The van der Waals surface area contributed by atoms with Crippen LogP contribution in [0.25, 0.3) is 0 Å². The van der Waals surface area contributed by atoms with Crippen LogP contribution in [0.15, 0.2) is 30.5 Å². The fourth-order valence-electron chi connectivity index (χ4n) is 1.33. The molecular formula is C13H9ClFN3O. The number of nitrogens with zero attached hydrogens (tertiary/aromatic N) is 2. The highest BCUT2D eigenvalue weighted by Crippen LogP contribution is 2.21. The predicted molar refractivity (Wildman–Crippen MR) is 71.1 cm³/mol. The van der Waals surface area contributed by atoms with Crippen LogP contribution < -0.4 is 10.1 Å². The predicted octanol–water partition coefficient (Wildman–Crippen LogP) is 3.02. The van der Waals surface area contributed by atoms with Crippen LogP contribution in [-0.4, -0.2) is 16.6 Å². The lowest BCUT2D eigenvalue weighted by Gasteiger charge is -2.07. The Labute approximate surface area is 114 Å². The summed E-state index contributed by atoms with van der Waals surface area (Å²) in [7, 11) is 0. The lowest BCUT2D eigenvalue weighted by Crippen LogP contribution is -1.99. The van der Waals surface area contributed by atoms with E-state index < -0.39 is 5.82 Å². The van der Waals surface area contributed by atoms with Crippen molar-refractivity contribution >= 4 is 23.1 Å². The Morgan fingerprint density at radius 1 is 1.37 bits per heavy atom. The summed E-state index contributed by atoms with van der Waals surface area (Å²) >= 11 is 5.60. The van der Waals surface area contributed by atoms with Gasteiger partial charge in [0.25, 0.3) is 0 Å². The van der Waals surface area contributed by atoms with E-state index in [0.29, 0.717) is 11.4 Å². The molecule has 0 atom stereocenters. The van der Waals surface area contributed by atoms with Crippen molar-refractivity contribution in [2.45, 2.75) is 0 Å². The Balaban J connectivity index is 2.11. The van der Waals surface area contributed by atoms with Crippen molar-refractivity contribution in [3.05, 3.63) is 41.6 Å². The number of hydrogen-bond acceptors (Lipinski definition) is 4. The zero-order valence-corrected chi connectivity index (χ0v) is 10.5. The molecule has 0 saturated heterocycles. The van der Waals surface area contributed by atoms with Gasteiger partial charge in [-0.1, -0.05) is 5.92 Å². The summed E-state index contributed by atoms with van der Waals surface area (Å²) in [5, 5.41) is 2.76. The van der Waals surface area contributed by atoms with Crippen molar-refractivity contribution in [2.75, 3.05) is 11.9 Å². The molecule has 0 spiro atoms. The average Bonchev–Trinajstić information content (AvgIpc) is 2.42. The summed E-state index contributed by atoms with van der Waals surface area (Å²) in [6.45, 7) is 0.197. The fourth-order valence-corrected chi connectivity index (χ4v) is 1.46. The number of benzene rings is 1. The van der Waals surface area contributed by atoms with Crippen LogP contribution >= 0.6 is 11.6 Å². The third-order valence-electron chi connectivity index (χ3n) is 2.15. The van der Waals surface area contributed by atoms with Crippen LogP contribution in [0.2, 0.25) is 5.28 Å². The van der Waals surface area contributed by atoms with E-state index in [1.807, 2.05) is 0 Å². The number of aromatic nitrogens is 2. The average molecular weight is 278 g/mol. The standard InChI is InChI=1S/C13H9ClFN3O/c1-2-7-19-10-5-3-9(4-6-10)17-12-11(15)8-16-13(14)18-12/h1,3-6,8H,7H2,(H,16,17,18). The van der Waals surface area contributed by atoms with Crippen LogP contribution in [0.4, 0.5) is 15.9 Å². The van der Waals surface area contributed by atoms with E-state index in [-0.39, 0.29) is 17.7 Å². The summed E-state index contributed by atoms with van der Waals surface area (Å²) in [5.41, 5.74) is 0.640. The fraction of sp³-hybridized carbons (Fsp3) is 0.0769. The third kappa shape index (κ3) is 3.57. The molecule has 1 heterocycles. The van der Waals surface area contributed by atoms with Gasteiger partial charge in [-0.2, -0.15) is 4.98 Å². The maximum atomic E-state index is 13.4. The molecule has 2 rings (SSSR count). The number of rotatable bonds is 4. The second-order valence-electron chi connectivity index (χ2n) is 3.48. The molecule has 2 aromatic rings. The molecule has 96 valence electrons. The molecule has 0 unspecified atom stereocenters. The first-order valence-corrected chi connectivity index (χ1v) is 5.68. The minimum absolute atomic E-state index is 0.0114. The molecule has 0 saturated carbocycles. The Hall–Kier alpha value is -2.32. The maximum Gasteiger partial charge on any atom is 0.224 e. The molecule has 0 fully saturated rings. The van der Waals surface area contributed by atoms with Gasteiger partial charge in [-0.25, -0.2) is 9.37 Å². The van der Waals surface area contributed by atoms with E-state index in [9.17, 15) is 4.39 Å². The topological polar surface area (TPSA) is 47.0 Å². The van der Waals surface area contributed by atoms with E-state index in [0.717, 1.165) is 6.20 Å². The molecule has 1 aromatic heterocycles. The number of terminal acetylenes is 1. The van der Waals surface area contributed by atoms with Crippen LogP contribution in [0.5, 0.6) is 5.75 Å². The maximum absolute atomic E-state index is 13.4. The quantitative estimate of drug-likeness (QED) is 0.689. The highest BCUT2D eigenvalue weighted by atomic mass is 35.5. The zero-order chi connectivity index (χ0) is 13.7. The van der Waals surface area contributed by atoms with Gasteiger partial charge in [-0.05, 0) is 35.9 Å². The Bertz CT molecular complexity index is 610. The molecule has 19 heavy (non-hydrogen) atoms. The number of nitrogens with one attached hydrogen (secondary N) is 1. The minimum atomic E-state index is -0.586. The SMILES string of the molecule is C#CCOc1ccc(Nc2nc(Cl)ncc2F)cc1. The van der Waals surface area contributed by atoms with Crippen molar-refractivity contribution in [2.24, 2.45) is 0 Å². The Kier molecular flexibility index (Phi) is 4.16. The van der Waals surface area contributed by atoms with Crippen molar-refractivity contribution in [3.8, 4) is 18.1 Å². The van der Waals surface area contributed by atoms with Gasteiger partial charge < -0.3 is 10.1 Å². The number of ether oxygens (including phenoxy) is 1. The van der Waals surface area contributed by atoms with Gasteiger partial charge in [-0.15, -0.1) is 6.42 Å². The molecule has 0 aliphatic heterocycles. The summed E-state index contributed by atoms with van der Waals surface area (Å²) in [5.74, 6) is 2.42. The first-order chi connectivity index (χ1) is 9.19. The summed E-state index contributed by atoms with van der Waals surface area (Å²) < 4.78 is 18.6. The minimum Gasteiger partial charge on any atom is -0.481 e. The van der Waals surface area contributed by atoms with Gasteiger partial charge >= 0.3 is 0 Å². The molecule has 0 aliphatic carbocycles. The summed E-state index contributed by atoms with van der Waals surface area (Å²) in [6, 6.07) is 6.84. The molecule has 6 heteroatoms. The van der Waals surface area contributed by atoms with E-state index in [4.69, 9.17) is 22.8 Å². The van der Waals surface area contributed by atoms with E-state index >= 15 is 0 Å². The van der Waals surface area contributed by atoms with Crippen LogP contribution in [0.3, 0.4) is 0 Å². The smallest absolute Gasteiger partial charge is 0.224 e. The summed E-state index contributed by atoms with van der Waals surface area (Å²) in [4.78, 5) is 7.28. The summed E-state index contributed by atoms with van der Waals surface area (Å²) in [6.07, 6.45) is 6.09. The van der Waals surface area contributed by atoms with E-state index in [1.54, 1.807) is 24.3 Å². The molecule has 1 aromatic carbocycles. The van der Waals surface area contributed by atoms with Gasteiger partial charge in [0.1, 0.15) is 12.4 Å². The lowest BCUT2D eigenvalue weighted by molar-refractivity contribution is 0.370. The molecule has 1 N–H and O–H groups in total. The second-order valence-corrected chi connectivity index (χ2v) is 3.82. The van der Waals surface area contributed by atoms with Gasteiger partial charge in [0.2, 0.25) is 5.28 Å². The van der Waals surface area contributed by atoms with Gasteiger partial charge in [0, 0.05) is 5.69 Å². The van der Waals surface area contributed by atoms with Crippen LogP contribution in [0, 0.1) is 18.2 Å². The van der Waals surface area contributed by atoms with Crippen molar-refractivity contribution in [1.82, 2.24) is 9.97 Å². The molecule has 0 radical (unpaired) electrons. The van der Waals surface area contributed by atoms with Crippen molar-refractivity contribution in [3.63, 3.8) is 0 Å². The van der Waals surface area contributed by atoms with Gasteiger partial charge in [0.15, 0.2) is 11.6 Å². The number of anilines is 2. The zero-order valence-electron chi connectivity index (χ0n) is 9.73.